The van der Waals surface area contributed by atoms with E-state index in [9.17, 15) is 4.79 Å². The molecule has 2 rings (SSSR count). The molecule has 1 saturated heterocycles. The Morgan fingerprint density at radius 3 is 2.54 bits per heavy atom. The minimum absolute atomic E-state index is 0. The van der Waals surface area contributed by atoms with Gasteiger partial charge in [-0.05, 0) is 37.6 Å². The lowest BCUT2D eigenvalue weighted by molar-refractivity contribution is -0.890. The van der Waals surface area contributed by atoms with Gasteiger partial charge in [-0.3, -0.25) is 5.32 Å². The summed E-state index contributed by atoms with van der Waals surface area (Å²) in [6.07, 6.45) is 4.25. The number of likely N-dealkylation sites (tertiary alicyclic amines) is 1. The number of quaternary nitrogens is 1. The standard InChI is InChI=1S/C18H28N2O3.ClH/c1-3-4-13-22-17-9-7-16(8-10-17)19-18(21)23-15(2)14-20-11-5-6-12-20;/h7-10,15H,3-6,11-14H2,1-2H3,(H,19,21);1H. The molecular formula is C18H29ClN2O3. The Kier molecular flexibility index (Phi) is 9.57. The van der Waals surface area contributed by atoms with Gasteiger partial charge in [0.25, 0.3) is 0 Å². The number of anilines is 1. The maximum absolute atomic E-state index is 11.9. The van der Waals surface area contributed by atoms with E-state index in [4.69, 9.17) is 9.47 Å². The summed E-state index contributed by atoms with van der Waals surface area (Å²) in [6.45, 7) is 8.08. The largest absolute Gasteiger partial charge is 1.00 e. The van der Waals surface area contributed by atoms with Crippen LogP contribution < -0.4 is 27.4 Å². The van der Waals surface area contributed by atoms with Gasteiger partial charge in [-0.15, -0.1) is 0 Å². The molecule has 1 unspecified atom stereocenters. The van der Waals surface area contributed by atoms with Crippen LogP contribution in [0.25, 0.3) is 0 Å². The second-order valence-electron chi connectivity index (χ2n) is 6.23. The molecule has 0 aromatic heterocycles. The molecule has 5 nitrogen and oxygen atoms in total. The lowest BCUT2D eigenvalue weighted by atomic mass is 10.3. The fourth-order valence-corrected chi connectivity index (χ4v) is 2.83. The summed E-state index contributed by atoms with van der Waals surface area (Å²) in [6, 6.07) is 7.39. The highest BCUT2D eigenvalue weighted by molar-refractivity contribution is 5.84. The van der Waals surface area contributed by atoms with Crippen molar-refractivity contribution in [2.75, 3.05) is 31.6 Å². The monoisotopic (exact) mass is 356 g/mol. The van der Waals surface area contributed by atoms with Gasteiger partial charge in [0.1, 0.15) is 18.4 Å². The van der Waals surface area contributed by atoms with E-state index >= 15 is 0 Å². The zero-order valence-electron chi connectivity index (χ0n) is 14.6. The van der Waals surface area contributed by atoms with E-state index in [1.165, 1.54) is 30.8 Å². The highest BCUT2D eigenvalue weighted by Gasteiger charge is 2.20. The highest BCUT2D eigenvalue weighted by Crippen LogP contribution is 2.16. The molecule has 2 N–H and O–H groups in total. The Morgan fingerprint density at radius 1 is 1.25 bits per heavy atom. The van der Waals surface area contributed by atoms with Gasteiger partial charge in [-0.1, -0.05) is 13.3 Å². The van der Waals surface area contributed by atoms with E-state index in [-0.39, 0.29) is 18.5 Å². The molecule has 0 radical (unpaired) electrons. The van der Waals surface area contributed by atoms with E-state index in [2.05, 4.69) is 12.2 Å². The molecule has 24 heavy (non-hydrogen) atoms. The number of hydrogen-bond acceptors (Lipinski definition) is 3. The molecule has 6 heteroatoms. The Hall–Kier alpha value is -1.46. The summed E-state index contributed by atoms with van der Waals surface area (Å²) in [7, 11) is 0. The molecule has 0 spiro atoms. The number of rotatable bonds is 8. The predicted molar refractivity (Wildman–Crippen MR) is 91.2 cm³/mol. The number of halogens is 1. The van der Waals surface area contributed by atoms with Crippen molar-refractivity contribution in [3.8, 4) is 5.75 Å². The average molecular weight is 357 g/mol. The quantitative estimate of drug-likeness (QED) is 0.617. The topological polar surface area (TPSA) is 52.0 Å². The fraction of sp³-hybridized carbons (Fsp3) is 0.611. The molecular weight excluding hydrogens is 328 g/mol. The van der Waals surface area contributed by atoms with Gasteiger partial charge < -0.3 is 26.8 Å². The van der Waals surface area contributed by atoms with Crippen LogP contribution in [-0.2, 0) is 4.74 Å². The molecule has 1 heterocycles. The lowest BCUT2D eigenvalue weighted by Crippen LogP contribution is -3.11. The van der Waals surface area contributed by atoms with Crippen LogP contribution in [0.3, 0.4) is 0 Å². The Labute approximate surface area is 151 Å². The Balaban J connectivity index is 0.00000288. The van der Waals surface area contributed by atoms with Crippen molar-refractivity contribution in [3.63, 3.8) is 0 Å². The SMILES string of the molecule is CCCCOc1ccc(NC(=O)OC(C)C[NH+]2CCCC2)cc1.[Cl-]. The first-order chi connectivity index (χ1) is 11.2. The number of amides is 1. The molecule has 1 amide bonds. The molecule has 1 aromatic carbocycles. The number of ether oxygens (including phenoxy) is 2. The normalized spacial score (nSPS) is 15.4. The average Bonchev–Trinajstić information content (AvgIpc) is 3.02. The van der Waals surface area contributed by atoms with E-state index < -0.39 is 6.09 Å². The van der Waals surface area contributed by atoms with E-state index in [0.29, 0.717) is 0 Å². The molecule has 136 valence electrons. The van der Waals surface area contributed by atoms with Gasteiger partial charge in [0.05, 0.1) is 19.7 Å². The van der Waals surface area contributed by atoms with Crippen LogP contribution in [0, 0.1) is 0 Å². The molecule has 1 aromatic rings. The van der Waals surface area contributed by atoms with Gasteiger partial charge in [0.15, 0.2) is 0 Å². The van der Waals surface area contributed by atoms with Crippen molar-refractivity contribution in [2.24, 2.45) is 0 Å². The molecule has 1 fully saturated rings. The maximum atomic E-state index is 11.9. The minimum atomic E-state index is -0.393. The Morgan fingerprint density at radius 2 is 1.92 bits per heavy atom. The third-order valence-electron chi connectivity index (χ3n) is 4.06. The number of benzene rings is 1. The molecule has 0 aliphatic carbocycles. The zero-order chi connectivity index (χ0) is 16.5. The Bertz CT molecular complexity index is 476. The van der Waals surface area contributed by atoms with E-state index in [1.807, 2.05) is 31.2 Å². The first kappa shape index (κ1) is 20.6. The molecule has 0 saturated carbocycles. The van der Waals surface area contributed by atoms with Gasteiger partial charge in [0.2, 0.25) is 0 Å². The van der Waals surface area contributed by atoms with Crippen LogP contribution in [0.5, 0.6) is 5.75 Å². The summed E-state index contributed by atoms with van der Waals surface area (Å²) in [5, 5.41) is 2.77. The maximum Gasteiger partial charge on any atom is 0.412 e. The van der Waals surface area contributed by atoms with Gasteiger partial charge in [-0.2, -0.15) is 0 Å². The smallest absolute Gasteiger partial charge is 0.412 e. The van der Waals surface area contributed by atoms with Crippen molar-refractivity contribution in [1.82, 2.24) is 0 Å². The van der Waals surface area contributed by atoms with Crippen molar-refractivity contribution in [3.05, 3.63) is 24.3 Å². The van der Waals surface area contributed by atoms with Crippen molar-refractivity contribution in [2.45, 2.75) is 45.6 Å². The molecule has 1 aliphatic rings. The van der Waals surface area contributed by atoms with Crippen LogP contribution in [0.4, 0.5) is 10.5 Å². The number of unbranched alkanes of at least 4 members (excludes halogenated alkanes) is 1. The van der Waals surface area contributed by atoms with Crippen LogP contribution in [-0.4, -0.2) is 38.4 Å². The summed E-state index contributed by atoms with van der Waals surface area (Å²) >= 11 is 0. The highest BCUT2D eigenvalue weighted by atomic mass is 35.5. The molecule has 0 bridgehead atoms. The minimum Gasteiger partial charge on any atom is -1.00 e. The second-order valence-corrected chi connectivity index (χ2v) is 6.23. The van der Waals surface area contributed by atoms with E-state index in [1.54, 1.807) is 0 Å². The van der Waals surface area contributed by atoms with Crippen molar-refractivity contribution in [1.29, 1.82) is 0 Å². The van der Waals surface area contributed by atoms with E-state index in [0.717, 1.165) is 37.4 Å². The third kappa shape index (κ3) is 7.41. The number of nitrogens with one attached hydrogen (secondary N) is 2. The number of carbonyl (C=O) groups excluding carboxylic acids is 1. The van der Waals surface area contributed by atoms with Crippen molar-refractivity contribution < 1.29 is 31.6 Å². The number of hydrogen-bond donors (Lipinski definition) is 2. The van der Waals surface area contributed by atoms with Crippen LogP contribution in [0.1, 0.15) is 39.5 Å². The van der Waals surface area contributed by atoms with Crippen molar-refractivity contribution >= 4 is 11.8 Å². The summed E-state index contributed by atoms with van der Waals surface area (Å²) < 4.78 is 11.0. The van der Waals surface area contributed by atoms with Gasteiger partial charge in [0, 0.05) is 18.5 Å². The predicted octanol–water partition coefficient (Wildman–Crippen LogP) is -0.515. The summed E-state index contributed by atoms with van der Waals surface area (Å²) in [5.74, 6) is 0.823. The van der Waals surface area contributed by atoms with Gasteiger partial charge in [-0.25, -0.2) is 4.79 Å². The molecule has 1 atom stereocenters. The van der Waals surface area contributed by atoms with Crippen LogP contribution >= 0.6 is 0 Å². The fourth-order valence-electron chi connectivity index (χ4n) is 2.83. The first-order valence-corrected chi connectivity index (χ1v) is 8.71. The lowest BCUT2D eigenvalue weighted by Gasteiger charge is -2.18. The van der Waals surface area contributed by atoms with Crippen LogP contribution in [0.2, 0.25) is 0 Å². The third-order valence-corrected chi connectivity index (χ3v) is 4.06. The summed E-state index contributed by atoms with van der Waals surface area (Å²) in [5.41, 5.74) is 0.721. The summed E-state index contributed by atoms with van der Waals surface area (Å²) in [4.78, 5) is 13.4. The first-order valence-electron chi connectivity index (χ1n) is 8.71. The van der Waals surface area contributed by atoms with Crippen LogP contribution in [0.15, 0.2) is 24.3 Å². The molecule has 1 aliphatic heterocycles. The number of carbonyl (C=O) groups is 1. The second kappa shape index (κ2) is 11.2. The van der Waals surface area contributed by atoms with Gasteiger partial charge >= 0.3 is 6.09 Å². The zero-order valence-corrected chi connectivity index (χ0v) is 15.4.